The van der Waals surface area contributed by atoms with Gasteiger partial charge in [0.25, 0.3) is 0 Å². The second kappa shape index (κ2) is 11.0. The van der Waals surface area contributed by atoms with Crippen molar-refractivity contribution in [3.63, 3.8) is 0 Å². The molecule has 33 heavy (non-hydrogen) atoms. The van der Waals surface area contributed by atoms with Crippen molar-refractivity contribution >= 4 is 51.6 Å². The van der Waals surface area contributed by atoms with Crippen LogP contribution in [0.2, 0.25) is 0 Å². The van der Waals surface area contributed by atoms with Gasteiger partial charge in [0.15, 0.2) is 5.13 Å². The summed E-state index contributed by atoms with van der Waals surface area (Å²) in [5.41, 5.74) is 6.16. The monoisotopic (exact) mass is 468 g/mol. The van der Waals surface area contributed by atoms with Crippen LogP contribution in [0.4, 0.5) is 20.9 Å². The molecule has 3 N–H and O–H groups in total. The van der Waals surface area contributed by atoms with Gasteiger partial charge in [0.05, 0.1) is 24.4 Å². The molecule has 0 saturated heterocycles. The van der Waals surface area contributed by atoms with Crippen LogP contribution in [-0.4, -0.2) is 29.3 Å². The van der Waals surface area contributed by atoms with E-state index in [4.69, 9.17) is 10.5 Å². The number of nitrogens with two attached hydrogens (primary N) is 1. The first-order valence-corrected chi connectivity index (χ1v) is 10.7. The lowest BCUT2D eigenvalue weighted by molar-refractivity contribution is -0.118. The number of primary amides is 1. The summed E-state index contributed by atoms with van der Waals surface area (Å²) in [6.07, 6.45) is 2.92. The summed E-state index contributed by atoms with van der Waals surface area (Å²) in [5, 5.41) is 4.65. The maximum atomic E-state index is 14.2. The average molecular weight is 469 g/mol. The zero-order valence-electron chi connectivity index (χ0n) is 17.7. The Morgan fingerprint density at radius 2 is 1.91 bits per heavy atom. The third kappa shape index (κ3) is 6.71. The highest BCUT2D eigenvalue weighted by molar-refractivity contribution is 7.14. The highest BCUT2D eigenvalue weighted by Crippen LogP contribution is 2.31. The van der Waals surface area contributed by atoms with Crippen molar-refractivity contribution < 1.29 is 23.5 Å². The molecule has 0 aliphatic heterocycles. The van der Waals surface area contributed by atoms with E-state index in [0.717, 1.165) is 11.3 Å². The number of amides is 3. The first-order chi connectivity index (χ1) is 15.8. The first kappa shape index (κ1) is 23.6. The third-order valence-corrected chi connectivity index (χ3v) is 5.10. The minimum atomic E-state index is -0.538. The van der Waals surface area contributed by atoms with E-state index in [0.29, 0.717) is 22.3 Å². The number of nitrogens with zero attached hydrogens (tertiary/aromatic N) is 2. The normalized spacial score (nSPS) is 10.7. The van der Waals surface area contributed by atoms with Crippen molar-refractivity contribution in [2.45, 2.75) is 13.3 Å². The number of benzene rings is 2. The molecule has 10 heteroatoms. The maximum absolute atomic E-state index is 14.2. The van der Waals surface area contributed by atoms with Crippen LogP contribution in [0.5, 0.6) is 5.75 Å². The van der Waals surface area contributed by atoms with Crippen molar-refractivity contribution in [2.75, 3.05) is 16.8 Å². The Bertz CT molecular complexity index is 1180. The lowest BCUT2D eigenvalue weighted by Crippen LogP contribution is -2.23. The highest BCUT2D eigenvalue weighted by Gasteiger charge is 2.20. The Labute approximate surface area is 193 Å². The van der Waals surface area contributed by atoms with Gasteiger partial charge in [0.2, 0.25) is 17.7 Å². The molecular formula is C23H21FN4O4S. The summed E-state index contributed by atoms with van der Waals surface area (Å²) in [5.74, 6) is -1.21. The van der Waals surface area contributed by atoms with Gasteiger partial charge in [-0.2, -0.15) is 0 Å². The zero-order chi connectivity index (χ0) is 23.8. The molecule has 0 aliphatic rings. The summed E-state index contributed by atoms with van der Waals surface area (Å²) < 4.78 is 19.5. The van der Waals surface area contributed by atoms with Gasteiger partial charge in [-0.05, 0) is 42.5 Å². The molecule has 8 nitrogen and oxygen atoms in total. The largest absolute Gasteiger partial charge is 0.493 e. The SMILES string of the molecule is CC(=O)N(c1nc(C=CC(=O)Nc2ccc(OCCC(N)=O)cc2)cs1)c1ccccc1F. The van der Waals surface area contributed by atoms with Gasteiger partial charge in [-0.3, -0.25) is 19.3 Å². The van der Waals surface area contributed by atoms with Crippen LogP contribution in [0.1, 0.15) is 19.0 Å². The number of halogens is 1. The number of carbonyl (C=O) groups excluding carboxylic acids is 3. The molecule has 1 heterocycles. The maximum Gasteiger partial charge on any atom is 0.248 e. The van der Waals surface area contributed by atoms with E-state index in [9.17, 15) is 18.8 Å². The Morgan fingerprint density at radius 1 is 1.18 bits per heavy atom. The number of anilines is 3. The van der Waals surface area contributed by atoms with Crippen LogP contribution in [0.25, 0.3) is 6.08 Å². The summed E-state index contributed by atoms with van der Waals surface area (Å²) >= 11 is 1.16. The van der Waals surface area contributed by atoms with Gasteiger partial charge in [-0.1, -0.05) is 12.1 Å². The Hall–Kier alpha value is -4.05. The molecule has 3 rings (SSSR count). The van der Waals surface area contributed by atoms with E-state index in [1.807, 2.05) is 0 Å². The molecule has 0 aliphatic carbocycles. The van der Waals surface area contributed by atoms with Crippen molar-refractivity contribution in [1.29, 1.82) is 0 Å². The summed E-state index contributed by atoms with van der Waals surface area (Å²) in [4.78, 5) is 40.5. The molecule has 1 aromatic heterocycles. The number of hydrogen-bond acceptors (Lipinski definition) is 6. The van der Waals surface area contributed by atoms with Gasteiger partial charge < -0.3 is 15.8 Å². The van der Waals surface area contributed by atoms with E-state index in [2.05, 4.69) is 10.3 Å². The Balaban J connectivity index is 1.61. The summed E-state index contributed by atoms with van der Waals surface area (Å²) in [6, 6.07) is 12.6. The molecular weight excluding hydrogens is 447 g/mol. The standard InChI is InChI=1S/C23H21FN4O4S/c1-15(29)28(20-5-3-2-4-19(20)24)23-27-17(14-33-23)8-11-22(31)26-16-6-9-18(10-7-16)32-13-12-21(25)30/h2-11,14H,12-13H2,1H3,(H2,25,30)(H,26,31). The minimum absolute atomic E-state index is 0.106. The number of hydrogen-bond donors (Lipinski definition) is 2. The second-order valence-electron chi connectivity index (χ2n) is 6.77. The molecule has 0 atom stereocenters. The predicted molar refractivity (Wildman–Crippen MR) is 125 cm³/mol. The Morgan fingerprint density at radius 3 is 2.58 bits per heavy atom. The quantitative estimate of drug-likeness (QED) is 0.463. The molecule has 0 fully saturated rings. The van der Waals surface area contributed by atoms with Crippen molar-refractivity contribution in [1.82, 2.24) is 4.98 Å². The minimum Gasteiger partial charge on any atom is -0.493 e. The molecule has 3 aromatic rings. The van der Waals surface area contributed by atoms with E-state index in [1.165, 1.54) is 42.2 Å². The van der Waals surface area contributed by atoms with Gasteiger partial charge in [0, 0.05) is 24.1 Å². The molecule has 0 saturated carbocycles. The average Bonchev–Trinajstić information content (AvgIpc) is 3.23. The molecule has 0 spiro atoms. The molecule has 3 amide bonds. The van der Waals surface area contributed by atoms with Gasteiger partial charge in [-0.15, -0.1) is 11.3 Å². The number of nitrogens with one attached hydrogen (secondary N) is 1. The van der Waals surface area contributed by atoms with Crippen molar-refractivity contribution in [3.05, 3.63) is 71.5 Å². The van der Waals surface area contributed by atoms with E-state index >= 15 is 0 Å². The summed E-state index contributed by atoms with van der Waals surface area (Å²) in [6.45, 7) is 1.50. The lowest BCUT2D eigenvalue weighted by Gasteiger charge is -2.18. The number of rotatable bonds is 9. The first-order valence-electron chi connectivity index (χ1n) is 9.84. The number of carbonyl (C=O) groups is 3. The Kier molecular flexibility index (Phi) is 7.87. The van der Waals surface area contributed by atoms with Crippen LogP contribution in [0, 0.1) is 5.82 Å². The van der Waals surface area contributed by atoms with Crippen LogP contribution in [0.15, 0.2) is 60.0 Å². The topological polar surface area (TPSA) is 115 Å². The fraction of sp³-hybridized carbons (Fsp3) is 0.130. The molecule has 0 bridgehead atoms. The number of aromatic nitrogens is 1. The van der Waals surface area contributed by atoms with E-state index < -0.39 is 11.7 Å². The fourth-order valence-corrected chi connectivity index (χ4v) is 3.59. The molecule has 0 unspecified atom stereocenters. The third-order valence-electron chi connectivity index (χ3n) is 4.25. The van der Waals surface area contributed by atoms with E-state index in [-0.39, 0.29) is 30.5 Å². The fourth-order valence-electron chi connectivity index (χ4n) is 2.74. The van der Waals surface area contributed by atoms with Gasteiger partial charge in [0.1, 0.15) is 11.6 Å². The van der Waals surface area contributed by atoms with Crippen LogP contribution < -0.4 is 20.7 Å². The highest BCUT2D eigenvalue weighted by atomic mass is 32.1. The van der Waals surface area contributed by atoms with Gasteiger partial charge >= 0.3 is 0 Å². The van der Waals surface area contributed by atoms with Crippen LogP contribution in [0.3, 0.4) is 0 Å². The second-order valence-corrected chi connectivity index (χ2v) is 7.61. The van der Waals surface area contributed by atoms with Crippen LogP contribution >= 0.6 is 11.3 Å². The number of para-hydroxylation sites is 1. The molecule has 170 valence electrons. The van der Waals surface area contributed by atoms with Gasteiger partial charge in [-0.25, -0.2) is 9.37 Å². The number of ether oxygens (including phenoxy) is 1. The van der Waals surface area contributed by atoms with Crippen molar-refractivity contribution in [3.8, 4) is 5.75 Å². The van der Waals surface area contributed by atoms with Crippen LogP contribution in [-0.2, 0) is 14.4 Å². The molecule has 2 aromatic carbocycles. The zero-order valence-corrected chi connectivity index (χ0v) is 18.5. The molecule has 0 radical (unpaired) electrons. The predicted octanol–water partition coefficient (Wildman–Crippen LogP) is 3.87. The smallest absolute Gasteiger partial charge is 0.248 e. The van der Waals surface area contributed by atoms with E-state index in [1.54, 1.807) is 35.7 Å². The number of thiazole rings is 1. The lowest BCUT2D eigenvalue weighted by atomic mass is 10.3. The van der Waals surface area contributed by atoms with Crippen molar-refractivity contribution in [2.24, 2.45) is 5.73 Å². The summed E-state index contributed by atoms with van der Waals surface area (Å²) in [7, 11) is 0.